The Morgan fingerprint density at radius 3 is 1.56 bits per heavy atom. The van der Waals surface area contributed by atoms with Gasteiger partial charge in [-0.15, -0.1) is 0 Å². The molecule has 0 amide bonds. The van der Waals surface area contributed by atoms with Crippen LogP contribution >= 0.6 is 0 Å². The van der Waals surface area contributed by atoms with Gasteiger partial charge in [0.2, 0.25) is 0 Å². The Kier molecular flexibility index (Phi) is 23.1. The smallest absolute Gasteiger partial charge is 0.113 e. The van der Waals surface area contributed by atoms with Crippen molar-refractivity contribution in [2.75, 3.05) is 0 Å². The number of nitrogens with zero attached hydrogens (tertiary/aromatic N) is 3. The number of aromatic nitrogens is 3. The fourth-order valence-corrected chi connectivity index (χ4v) is 2.55. The van der Waals surface area contributed by atoms with Gasteiger partial charge < -0.3 is 0 Å². The van der Waals surface area contributed by atoms with Gasteiger partial charge in [-0.1, -0.05) is 89.2 Å². The molecule has 2 aromatic heterocycles. The van der Waals surface area contributed by atoms with E-state index >= 15 is 0 Å². The second kappa shape index (κ2) is 21.2. The van der Waals surface area contributed by atoms with Crippen LogP contribution in [0.2, 0.25) is 0 Å². The Morgan fingerprint density at radius 2 is 1.41 bits per heavy atom. The summed E-state index contributed by atoms with van der Waals surface area (Å²) in [5, 5.41) is 4.05. The van der Waals surface area contributed by atoms with Gasteiger partial charge in [0.05, 0.1) is 6.20 Å². The minimum Gasteiger partial charge on any atom is -0.276 e. The Hall–Kier alpha value is -1.71. The van der Waals surface area contributed by atoms with Crippen molar-refractivity contribution < 1.29 is 4.39 Å². The van der Waals surface area contributed by atoms with Crippen LogP contribution in [0.1, 0.15) is 125 Å². The van der Waals surface area contributed by atoms with Crippen molar-refractivity contribution in [1.82, 2.24) is 14.8 Å². The fourth-order valence-electron chi connectivity index (χ4n) is 2.55. The van der Waals surface area contributed by atoms with Gasteiger partial charge >= 0.3 is 0 Å². The maximum Gasteiger partial charge on any atom is 0.113 e. The second-order valence-electron chi connectivity index (χ2n) is 8.05. The van der Waals surface area contributed by atoms with Gasteiger partial charge in [0.1, 0.15) is 5.67 Å². The lowest BCUT2D eigenvalue weighted by molar-refractivity contribution is 0.0145. The summed E-state index contributed by atoms with van der Waals surface area (Å²) >= 11 is 0. The molecule has 0 aliphatic heterocycles. The first-order valence-corrected chi connectivity index (χ1v) is 12.7. The lowest BCUT2D eigenvalue weighted by Gasteiger charge is -2.37. The zero-order chi connectivity index (χ0) is 25.7. The molecular weight excluding hydrogens is 397 g/mol. The highest BCUT2D eigenvalue weighted by Crippen LogP contribution is 2.41. The monoisotopic (exact) mass is 451 g/mol. The van der Waals surface area contributed by atoms with E-state index in [9.17, 15) is 4.39 Å². The summed E-state index contributed by atoms with van der Waals surface area (Å²) < 4.78 is 14.9. The summed E-state index contributed by atoms with van der Waals surface area (Å²) in [5.74, 6) is 1.38. The first-order valence-electron chi connectivity index (χ1n) is 12.7. The average molecular weight is 452 g/mol. The van der Waals surface area contributed by atoms with Crippen molar-refractivity contribution in [3.05, 3.63) is 48.0 Å². The molecule has 1 fully saturated rings. The quantitative estimate of drug-likeness (QED) is 0.465. The molecule has 0 atom stereocenters. The maximum absolute atomic E-state index is 13.0. The van der Waals surface area contributed by atoms with Crippen molar-refractivity contribution in [2.24, 2.45) is 13.0 Å². The van der Waals surface area contributed by atoms with Crippen molar-refractivity contribution in [3.8, 4) is 0 Å². The third kappa shape index (κ3) is 15.2. The molecule has 0 radical (unpaired) electrons. The number of hydrogen-bond acceptors (Lipinski definition) is 2. The highest BCUT2D eigenvalue weighted by Gasteiger charge is 2.39. The van der Waals surface area contributed by atoms with Gasteiger partial charge in [0.25, 0.3) is 0 Å². The number of aryl methyl sites for hydroxylation is 1. The first-order chi connectivity index (χ1) is 15.2. The van der Waals surface area contributed by atoms with Crippen LogP contribution in [0.5, 0.6) is 0 Å². The average Bonchev–Trinajstić information content (AvgIpc) is 3.24. The highest BCUT2D eigenvalue weighted by atomic mass is 19.1. The molecule has 2 aromatic rings. The van der Waals surface area contributed by atoms with Gasteiger partial charge in [0.15, 0.2) is 0 Å². The van der Waals surface area contributed by atoms with Crippen LogP contribution in [-0.4, -0.2) is 20.4 Å². The molecule has 0 unspecified atom stereocenters. The molecule has 3 rings (SSSR count). The Balaban J connectivity index is -0.000000353. The van der Waals surface area contributed by atoms with Crippen molar-refractivity contribution >= 4 is 0 Å². The molecule has 2 heterocycles. The number of halogens is 1. The number of alkyl halides is 1. The summed E-state index contributed by atoms with van der Waals surface area (Å²) in [6.45, 7) is 24.5. The van der Waals surface area contributed by atoms with E-state index in [2.05, 4.69) is 37.8 Å². The van der Waals surface area contributed by atoms with E-state index in [1.165, 1.54) is 5.56 Å². The Morgan fingerprint density at radius 1 is 0.875 bits per heavy atom. The zero-order valence-corrected chi connectivity index (χ0v) is 23.5. The van der Waals surface area contributed by atoms with Crippen LogP contribution in [0.4, 0.5) is 4.39 Å². The van der Waals surface area contributed by atoms with Gasteiger partial charge in [0, 0.05) is 25.1 Å². The predicted molar refractivity (Wildman–Crippen MR) is 142 cm³/mol. The third-order valence-corrected chi connectivity index (χ3v) is 4.89. The van der Waals surface area contributed by atoms with Crippen molar-refractivity contribution in [2.45, 2.75) is 120 Å². The molecule has 4 heteroatoms. The molecule has 0 spiro atoms. The SMILES string of the molecule is CC.CC.CC.CC(C)C1(F)CCC1.CC(C)c1ccccn1.CC(C)c1cnn(C)c1. The third-order valence-electron chi connectivity index (χ3n) is 4.89. The summed E-state index contributed by atoms with van der Waals surface area (Å²) in [6.07, 6.45) is 8.47. The maximum atomic E-state index is 13.0. The van der Waals surface area contributed by atoms with Crippen molar-refractivity contribution in [3.63, 3.8) is 0 Å². The molecule has 3 nitrogen and oxygen atoms in total. The van der Waals surface area contributed by atoms with Crippen LogP contribution in [-0.2, 0) is 7.05 Å². The van der Waals surface area contributed by atoms with Gasteiger partial charge in [-0.05, 0) is 54.7 Å². The number of hydrogen-bond donors (Lipinski definition) is 0. The summed E-state index contributed by atoms with van der Waals surface area (Å²) in [6, 6.07) is 6.00. The normalized spacial score (nSPS) is 12.8. The van der Waals surface area contributed by atoms with Crippen molar-refractivity contribution in [1.29, 1.82) is 0 Å². The molecule has 32 heavy (non-hydrogen) atoms. The number of rotatable bonds is 3. The molecular formula is C28H54FN3. The molecule has 0 aromatic carbocycles. The summed E-state index contributed by atoms with van der Waals surface area (Å²) in [5.41, 5.74) is 1.69. The topological polar surface area (TPSA) is 30.7 Å². The lowest BCUT2D eigenvalue weighted by atomic mass is 9.74. The van der Waals surface area contributed by atoms with Crippen LogP contribution in [0.3, 0.4) is 0 Å². The summed E-state index contributed by atoms with van der Waals surface area (Å²) in [4.78, 5) is 4.18. The first kappa shape index (κ1) is 34.9. The largest absolute Gasteiger partial charge is 0.276 e. The van der Waals surface area contributed by atoms with E-state index < -0.39 is 5.67 Å². The zero-order valence-electron chi connectivity index (χ0n) is 23.5. The fraction of sp³-hybridized carbons (Fsp3) is 0.714. The van der Waals surface area contributed by atoms with E-state index in [1.807, 2.05) is 104 Å². The number of pyridine rings is 1. The van der Waals surface area contributed by atoms with E-state index in [4.69, 9.17) is 0 Å². The minimum atomic E-state index is -0.778. The molecule has 1 saturated carbocycles. The Labute approximate surface area is 200 Å². The van der Waals surface area contributed by atoms with Crippen LogP contribution in [0.25, 0.3) is 0 Å². The molecule has 0 N–H and O–H groups in total. The van der Waals surface area contributed by atoms with Crippen LogP contribution in [0, 0.1) is 5.92 Å². The van der Waals surface area contributed by atoms with E-state index in [-0.39, 0.29) is 5.92 Å². The highest BCUT2D eigenvalue weighted by molar-refractivity contribution is 5.08. The molecule has 1 aliphatic carbocycles. The standard InChI is InChI=1S/C8H11N.C7H13F.C7H12N2.3C2H6/c1-7(2)8-5-3-4-6-9-8;1-6(2)7(8)4-3-5-7;1-6(2)7-4-8-9(3)5-7;3*1-2/h3-7H,1-2H3;6H,3-5H2,1-2H3;4-6H,1-3H3;3*1-2H3. The van der Waals surface area contributed by atoms with Gasteiger partial charge in [-0.3, -0.25) is 9.67 Å². The summed E-state index contributed by atoms with van der Waals surface area (Å²) in [7, 11) is 1.94. The van der Waals surface area contributed by atoms with E-state index in [0.717, 1.165) is 25.0 Å². The molecule has 188 valence electrons. The predicted octanol–water partition coefficient (Wildman–Crippen LogP) is 9.36. The van der Waals surface area contributed by atoms with Crippen LogP contribution in [0.15, 0.2) is 36.8 Å². The van der Waals surface area contributed by atoms with Gasteiger partial charge in [-0.2, -0.15) is 5.10 Å². The molecule has 0 bridgehead atoms. The van der Waals surface area contributed by atoms with Gasteiger partial charge in [-0.25, -0.2) is 4.39 Å². The Bertz CT molecular complexity index is 615. The lowest BCUT2D eigenvalue weighted by Crippen LogP contribution is -2.37. The minimum absolute atomic E-state index is 0.233. The molecule has 0 saturated heterocycles. The van der Waals surface area contributed by atoms with E-state index in [0.29, 0.717) is 11.8 Å². The van der Waals surface area contributed by atoms with Crippen LogP contribution < -0.4 is 0 Å². The van der Waals surface area contributed by atoms with E-state index in [1.54, 1.807) is 0 Å². The second-order valence-corrected chi connectivity index (χ2v) is 8.05. The molecule has 1 aliphatic rings.